The zero-order valence-corrected chi connectivity index (χ0v) is 23.3. The molecule has 1 heterocycles. The van der Waals surface area contributed by atoms with Gasteiger partial charge in [0.05, 0.1) is 18.7 Å². The molecule has 1 aliphatic rings. The van der Waals surface area contributed by atoms with Crippen molar-refractivity contribution in [2.24, 2.45) is 0 Å². The van der Waals surface area contributed by atoms with E-state index in [0.717, 1.165) is 11.1 Å². The van der Waals surface area contributed by atoms with Crippen molar-refractivity contribution >= 4 is 34.9 Å². The number of benzene rings is 3. The molecule has 0 aliphatic carbocycles. The summed E-state index contributed by atoms with van der Waals surface area (Å²) in [6, 6.07) is 21.2. The molecule has 0 radical (unpaired) electrons. The Bertz CT molecular complexity index is 1350. The third-order valence-electron chi connectivity index (χ3n) is 6.67. The molecule has 210 valence electrons. The molecule has 0 saturated heterocycles. The van der Waals surface area contributed by atoms with Crippen molar-refractivity contribution in [3.8, 4) is 0 Å². The summed E-state index contributed by atoms with van der Waals surface area (Å²) in [7, 11) is 0. The smallest absolute Gasteiger partial charge is 0.320 e. The second-order valence-corrected chi connectivity index (χ2v) is 9.72. The standard InChI is InChI=1S/C31H36N4O5/c1-5-39-28(40-6-2)20-35-26-13-8-7-12-25(26)31(29(35)37,19-27(36)32-24-11-9-10-22(4)18-24)34-30(38)33-23-16-14-21(3)15-17-23/h7-18,28H,5-6,19-20H2,1-4H3,(H,32,36)(H2,33,34,38). The maximum atomic E-state index is 14.3. The van der Waals surface area contributed by atoms with Crippen LogP contribution in [0.15, 0.2) is 72.8 Å². The Morgan fingerprint density at radius 2 is 1.55 bits per heavy atom. The molecular weight excluding hydrogens is 508 g/mol. The first-order valence-electron chi connectivity index (χ1n) is 13.4. The third kappa shape index (κ3) is 6.50. The number of nitrogens with zero attached hydrogens (tertiary/aromatic N) is 1. The second kappa shape index (κ2) is 12.8. The van der Waals surface area contributed by atoms with Crippen molar-refractivity contribution < 1.29 is 23.9 Å². The largest absolute Gasteiger partial charge is 0.351 e. The molecule has 0 fully saturated rings. The SMILES string of the molecule is CCOC(CN1C(=O)C(CC(=O)Nc2cccc(C)c2)(NC(=O)Nc2ccc(C)cc2)c2ccccc21)OCC. The van der Waals surface area contributed by atoms with Crippen LogP contribution in [0, 0.1) is 13.8 Å². The van der Waals surface area contributed by atoms with Crippen molar-refractivity contribution in [2.45, 2.75) is 45.9 Å². The summed E-state index contributed by atoms with van der Waals surface area (Å²) in [4.78, 5) is 42.6. The van der Waals surface area contributed by atoms with Crippen molar-refractivity contribution in [3.05, 3.63) is 89.5 Å². The molecule has 1 aliphatic heterocycles. The number of rotatable bonds is 11. The quantitative estimate of drug-likeness (QED) is 0.291. The zero-order valence-electron chi connectivity index (χ0n) is 23.3. The lowest BCUT2D eigenvalue weighted by Crippen LogP contribution is -2.56. The lowest BCUT2D eigenvalue weighted by Gasteiger charge is -2.30. The molecule has 4 rings (SSSR count). The average Bonchev–Trinajstić information content (AvgIpc) is 3.13. The van der Waals surface area contributed by atoms with E-state index in [2.05, 4.69) is 16.0 Å². The number of hydrogen-bond donors (Lipinski definition) is 3. The lowest BCUT2D eigenvalue weighted by molar-refractivity contribution is -0.138. The summed E-state index contributed by atoms with van der Waals surface area (Å²) in [5.74, 6) is -0.867. The molecule has 1 atom stereocenters. The van der Waals surface area contributed by atoms with Gasteiger partial charge in [0.15, 0.2) is 11.8 Å². The topological polar surface area (TPSA) is 109 Å². The monoisotopic (exact) mass is 544 g/mol. The van der Waals surface area contributed by atoms with E-state index in [-0.39, 0.29) is 13.0 Å². The second-order valence-electron chi connectivity index (χ2n) is 9.72. The molecule has 3 aromatic carbocycles. The predicted octanol–water partition coefficient (Wildman–Crippen LogP) is 5.09. The highest BCUT2D eigenvalue weighted by Gasteiger charge is 2.53. The third-order valence-corrected chi connectivity index (χ3v) is 6.67. The Morgan fingerprint density at radius 3 is 2.23 bits per heavy atom. The first kappa shape index (κ1) is 28.8. The molecule has 1 unspecified atom stereocenters. The van der Waals surface area contributed by atoms with Gasteiger partial charge in [-0.2, -0.15) is 0 Å². The number of urea groups is 1. The van der Waals surface area contributed by atoms with Gasteiger partial charge in [0.1, 0.15) is 0 Å². The van der Waals surface area contributed by atoms with Crippen LogP contribution >= 0.6 is 0 Å². The normalized spacial score (nSPS) is 16.1. The molecule has 9 heteroatoms. The first-order chi connectivity index (χ1) is 19.3. The number of aryl methyl sites for hydroxylation is 2. The first-order valence-corrected chi connectivity index (χ1v) is 13.4. The zero-order chi connectivity index (χ0) is 28.7. The minimum Gasteiger partial charge on any atom is -0.351 e. The van der Waals surface area contributed by atoms with Gasteiger partial charge in [-0.25, -0.2) is 4.79 Å². The maximum absolute atomic E-state index is 14.3. The lowest BCUT2D eigenvalue weighted by atomic mass is 9.87. The van der Waals surface area contributed by atoms with Crippen molar-refractivity contribution in [1.82, 2.24) is 5.32 Å². The highest BCUT2D eigenvalue weighted by molar-refractivity contribution is 6.12. The van der Waals surface area contributed by atoms with E-state index in [1.54, 1.807) is 36.4 Å². The van der Waals surface area contributed by atoms with Crippen LogP contribution in [0.1, 0.15) is 37.0 Å². The summed E-state index contributed by atoms with van der Waals surface area (Å²) >= 11 is 0. The van der Waals surface area contributed by atoms with Crippen molar-refractivity contribution in [1.29, 1.82) is 0 Å². The van der Waals surface area contributed by atoms with Crippen molar-refractivity contribution in [3.63, 3.8) is 0 Å². The van der Waals surface area contributed by atoms with Gasteiger partial charge in [0.25, 0.3) is 5.91 Å². The summed E-state index contributed by atoms with van der Waals surface area (Å²) in [6.07, 6.45) is -0.993. The van der Waals surface area contributed by atoms with E-state index in [1.165, 1.54) is 4.90 Å². The van der Waals surface area contributed by atoms with Crippen LogP contribution in [-0.2, 0) is 24.6 Å². The Kier molecular flexibility index (Phi) is 9.19. The molecular formula is C31H36N4O5. The van der Waals surface area contributed by atoms with Gasteiger partial charge in [-0.3, -0.25) is 9.59 Å². The molecule has 4 amide bonds. The van der Waals surface area contributed by atoms with Crippen LogP contribution in [0.4, 0.5) is 21.9 Å². The summed E-state index contributed by atoms with van der Waals surface area (Å²) < 4.78 is 11.4. The number of amides is 4. The Morgan fingerprint density at radius 1 is 0.850 bits per heavy atom. The Hall–Kier alpha value is -4.21. The van der Waals surface area contributed by atoms with Gasteiger partial charge in [-0.1, -0.05) is 48.0 Å². The molecule has 0 aromatic heterocycles. The Balaban J connectivity index is 1.69. The Labute approximate surface area is 234 Å². The number of carbonyl (C=O) groups excluding carboxylic acids is 3. The summed E-state index contributed by atoms with van der Waals surface area (Å²) in [6.45, 7) is 8.47. The van der Waals surface area contributed by atoms with Gasteiger partial charge >= 0.3 is 6.03 Å². The van der Waals surface area contributed by atoms with Gasteiger partial charge in [-0.05, 0) is 63.6 Å². The summed E-state index contributed by atoms with van der Waals surface area (Å²) in [5.41, 5.74) is 2.63. The van der Waals surface area contributed by atoms with E-state index < -0.39 is 29.7 Å². The van der Waals surface area contributed by atoms with Crippen LogP contribution in [0.2, 0.25) is 0 Å². The van der Waals surface area contributed by atoms with Crippen LogP contribution in [0.25, 0.3) is 0 Å². The predicted molar refractivity (Wildman–Crippen MR) is 155 cm³/mol. The van der Waals surface area contributed by atoms with Gasteiger partial charge in [0.2, 0.25) is 5.91 Å². The molecule has 3 aromatic rings. The molecule has 3 N–H and O–H groups in total. The summed E-state index contributed by atoms with van der Waals surface area (Å²) in [5, 5.41) is 8.55. The number of ether oxygens (including phenoxy) is 2. The number of nitrogens with one attached hydrogen (secondary N) is 3. The fourth-order valence-electron chi connectivity index (χ4n) is 4.88. The van der Waals surface area contributed by atoms with Crippen LogP contribution in [0.3, 0.4) is 0 Å². The molecule has 0 saturated carbocycles. The molecule has 0 spiro atoms. The minimum absolute atomic E-state index is 0.0973. The fourth-order valence-corrected chi connectivity index (χ4v) is 4.88. The van der Waals surface area contributed by atoms with Crippen LogP contribution < -0.4 is 20.9 Å². The molecule has 40 heavy (non-hydrogen) atoms. The maximum Gasteiger partial charge on any atom is 0.320 e. The number of fused-ring (bicyclic) bond motifs is 1. The number of anilines is 3. The number of para-hydroxylation sites is 1. The van der Waals surface area contributed by atoms with E-state index in [4.69, 9.17) is 9.47 Å². The van der Waals surface area contributed by atoms with Gasteiger partial charge in [-0.15, -0.1) is 0 Å². The highest BCUT2D eigenvalue weighted by atomic mass is 16.7. The average molecular weight is 545 g/mol. The number of hydrogen-bond acceptors (Lipinski definition) is 5. The van der Waals surface area contributed by atoms with Crippen LogP contribution in [-0.4, -0.2) is 43.9 Å². The minimum atomic E-state index is -1.66. The van der Waals surface area contributed by atoms with Crippen LogP contribution in [0.5, 0.6) is 0 Å². The van der Waals surface area contributed by atoms with E-state index in [0.29, 0.717) is 35.8 Å². The van der Waals surface area contributed by atoms with E-state index >= 15 is 0 Å². The molecule has 0 bridgehead atoms. The fraction of sp³-hybridized carbons (Fsp3) is 0.323. The van der Waals surface area contributed by atoms with Gasteiger partial charge in [0, 0.05) is 30.2 Å². The number of carbonyl (C=O) groups is 3. The highest BCUT2D eigenvalue weighted by Crippen LogP contribution is 2.43. The van der Waals surface area contributed by atoms with Crippen molar-refractivity contribution in [2.75, 3.05) is 35.3 Å². The van der Waals surface area contributed by atoms with E-state index in [1.807, 2.05) is 64.1 Å². The molecule has 9 nitrogen and oxygen atoms in total. The van der Waals surface area contributed by atoms with E-state index in [9.17, 15) is 14.4 Å². The van der Waals surface area contributed by atoms with Gasteiger partial charge < -0.3 is 30.3 Å².